The lowest BCUT2D eigenvalue weighted by Gasteiger charge is -2.21. The molecular formula is C7H14ClNO2. The van der Waals surface area contributed by atoms with Crippen LogP contribution in [0.3, 0.4) is 0 Å². The Morgan fingerprint density at radius 3 is 2.64 bits per heavy atom. The number of carbonyl (C=O) groups is 1. The molecule has 0 aromatic heterocycles. The predicted molar refractivity (Wildman–Crippen MR) is 45.0 cm³/mol. The van der Waals surface area contributed by atoms with Gasteiger partial charge in [0.15, 0.2) is 0 Å². The van der Waals surface area contributed by atoms with E-state index >= 15 is 0 Å². The maximum absolute atomic E-state index is 11.0. The Morgan fingerprint density at radius 1 is 1.73 bits per heavy atom. The van der Waals surface area contributed by atoms with Gasteiger partial charge in [-0.3, -0.25) is 0 Å². The standard InChI is InChI=1S/C7H14ClNO2/c1-4-11-7(10)9(3)6(2)5-8/h6H,4-5H2,1-3H3. The topological polar surface area (TPSA) is 29.5 Å². The Hall–Kier alpha value is -0.440. The Bertz CT molecular complexity index is 130. The summed E-state index contributed by atoms with van der Waals surface area (Å²) in [6.07, 6.45) is -0.319. The molecule has 0 aliphatic carbocycles. The zero-order chi connectivity index (χ0) is 8.85. The van der Waals surface area contributed by atoms with Gasteiger partial charge in [-0.1, -0.05) is 0 Å². The van der Waals surface area contributed by atoms with E-state index in [4.69, 9.17) is 16.3 Å². The van der Waals surface area contributed by atoms with Crippen LogP contribution in [0.2, 0.25) is 0 Å². The lowest BCUT2D eigenvalue weighted by Crippen LogP contribution is -2.36. The summed E-state index contributed by atoms with van der Waals surface area (Å²) in [4.78, 5) is 12.5. The van der Waals surface area contributed by atoms with E-state index in [1.54, 1.807) is 14.0 Å². The van der Waals surface area contributed by atoms with Gasteiger partial charge in [-0.05, 0) is 13.8 Å². The van der Waals surface area contributed by atoms with Gasteiger partial charge in [0, 0.05) is 19.0 Å². The van der Waals surface area contributed by atoms with Crippen LogP contribution in [-0.2, 0) is 4.74 Å². The summed E-state index contributed by atoms with van der Waals surface area (Å²) in [5.41, 5.74) is 0. The van der Waals surface area contributed by atoms with Crippen LogP contribution in [0.1, 0.15) is 13.8 Å². The maximum Gasteiger partial charge on any atom is 0.409 e. The first-order chi connectivity index (χ1) is 5.13. The fourth-order valence-corrected chi connectivity index (χ4v) is 0.716. The lowest BCUT2D eigenvalue weighted by atomic mass is 10.4. The predicted octanol–water partition coefficient (Wildman–Crippen LogP) is 1.70. The Morgan fingerprint density at radius 2 is 2.27 bits per heavy atom. The molecule has 4 heteroatoms. The fourth-order valence-electron chi connectivity index (χ4n) is 0.509. The lowest BCUT2D eigenvalue weighted by molar-refractivity contribution is 0.107. The van der Waals surface area contributed by atoms with Gasteiger partial charge < -0.3 is 9.64 Å². The first-order valence-corrected chi connectivity index (χ1v) is 4.12. The van der Waals surface area contributed by atoms with E-state index in [0.717, 1.165) is 0 Å². The summed E-state index contributed by atoms with van der Waals surface area (Å²) in [7, 11) is 1.67. The summed E-state index contributed by atoms with van der Waals surface area (Å²) in [5.74, 6) is 0.426. The highest BCUT2D eigenvalue weighted by Crippen LogP contribution is 2.00. The molecule has 0 heterocycles. The van der Waals surface area contributed by atoms with Gasteiger partial charge in [-0.2, -0.15) is 0 Å². The van der Waals surface area contributed by atoms with Gasteiger partial charge in [0.1, 0.15) is 0 Å². The van der Waals surface area contributed by atoms with Crippen LogP contribution >= 0.6 is 11.6 Å². The van der Waals surface area contributed by atoms with Crippen molar-refractivity contribution in [3.63, 3.8) is 0 Å². The smallest absolute Gasteiger partial charge is 0.409 e. The number of hydrogen-bond donors (Lipinski definition) is 0. The van der Waals surface area contributed by atoms with Crippen LogP contribution in [0.25, 0.3) is 0 Å². The van der Waals surface area contributed by atoms with Crippen molar-refractivity contribution < 1.29 is 9.53 Å². The highest BCUT2D eigenvalue weighted by molar-refractivity contribution is 6.18. The highest BCUT2D eigenvalue weighted by Gasteiger charge is 2.14. The SMILES string of the molecule is CCOC(=O)N(C)C(C)CCl. The molecule has 0 saturated carbocycles. The van der Waals surface area contributed by atoms with Gasteiger partial charge >= 0.3 is 6.09 Å². The molecule has 1 atom stereocenters. The molecule has 0 radical (unpaired) electrons. The first kappa shape index (κ1) is 10.6. The minimum Gasteiger partial charge on any atom is -0.450 e. The molecule has 66 valence electrons. The van der Waals surface area contributed by atoms with Crippen LogP contribution in [0.5, 0.6) is 0 Å². The third-order valence-electron chi connectivity index (χ3n) is 1.44. The van der Waals surface area contributed by atoms with Crippen molar-refractivity contribution in [2.24, 2.45) is 0 Å². The maximum atomic E-state index is 11.0. The molecule has 11 heavy (non-hydrogen) atoms. The molecule has 0 rings (SSSR count). The Kier molecular flexibility index (Phi) is 5.03. The van der Waals surface area contributed by atoms with Crippen molar-refractivity contribution >= 4 is 17.7 Å². The molecule has 0 bridgehead atoms. The molecule has 0 spiro atoms. The van der Waals surface area contributed by atoms with E-state index in [1.165, 1.54) is 4.90 Å². The van der Waals surface area contributed by atoms with Crippen LogP contribution in [-0.4, -0.2) is 36.6 Å². The summed E-state index contributed by atoms with van der Waals surface area (Å²) in [6.45, 7) is 4.04. The number of carbonyl (C=O) groups excluding carboxylic acids is 1. The first-order valence-electron chi connectivity index (χ1n) is 3.59. The zero-order valence-electron chi connectivity index (χ0n) is 7.13. The molecule has 0 aromatic rings. The molecule has 0 saturated heterocycles. The quantitative estimate of drug-likeness (QED) is 0.618. The second-order valence-corrected chi connectivity index (χ2v) is 2.62. The van der Waals surface area contributed by atoms with Crippen molar-refractivity contribution in [3.05, 3.63) is 0 Å². The molecule has 0 aliphatic rings. The molecule has 0 aromatic carbocycles. The van der Waals surface area contributed by atoms with Crippen molar-refractivity contribution in [3.8, 4) is 0 Å². The van der Waals surface area contributed by atoms with Gasteiger partial charge in [0.05, 0.1) is 6.61 Å². The number of ether oxygens (including phenoxy) is 1. The van der Waals surface area contributed by atoms with Gasteiger partial charge in [0.2, 0.25) is 0 Å². The summed E-state index contributed by atoms with van der Waals surface area (Å²) < 4.78 is 4.75. The highest BCUT2D eigenvalue weighted by atomic mass is 35.5. The van der Waals surface area contributed by atoms with Gasteiger partial charge in [0.25, 0.3) is 0 Å². The van der Waals surface area contributed by atoms with Crippen LogP contribution in [0.4, 0.5) is 4.79 Å². The molecule has 1 amide bonds. The van der Waals surface area contributed by atoms with Crippen molar-refractivity contribution in [1.29, 1.82) is 0 Å². The van der Waals surface area contributed by atoms with E-state index in [0.29, 0.717) is 12.5 Å². The van der Waals surface area contributed by atoms with Crippen molar-refractivity contribution in [2.45, 2.75) is 19.9 Å². The number of amides is 1. The van der Waals surface area contributed by atoms with Crippen molar-refractivity contribution in [2.75, 3.05) is 19.5 Å². The van der Waals surface area contributed by atoms with Crippen LogP contribution < -0.4 is 0 Å². The zero-order valence-corrected chi connectivity index (χ0v) is 7.89. The number of alkyl halides is 1. The van der Waals surface area contributed by atoms with Gasteiger partial charge in [-0.15, -0.1) is 11.6 Å². The second kappa shape index (κ2) is 5.24. The molecule has 0 fully saturated rings. The minimum atomic E-state index is -0.319. The third-order valence-corrected chi connectivity index (χ3v) is 1.89. The summed E-state index contributed by atoms with van der Waals surface area (Å²) in [5, 5.41) is 0. The summed E-state index contributed by atoms with van der Waals surface area (Å²) >= 11 is 5.54. The number of halogens is 1. The number of rotatable bonds is 3. The van der Waals surface area contributed by atoms with Crippen LogP contribution in [0, 0.1) is 0 Å². The number of hydrogen-bond acceptors (Lipinski definition) is 2. The normalized spacial score (nSPS) is 12.4. The van der Waals surface area contributed by atoms with Crippen molar-refractivity contribution in [1.82, 2.24) is 4.90 Å². The Labute approximate surface area is 72.3 Å². The monoisotopic (exact) mass is 179 g/mol. The van der Waals surface area contributed by atoms with Crippen LogP contribution in [0.15, 0.2) is 0 Å². The van der Waals surface area contributed by atoms with E-state index < -0.39 is 0 Å². The average molecular weight is 180 g/mol. The molecular weight excluding hydrogens is 166 g/mol. The second-order valence-electron chi connectivity index (χ2n) is 2.31. The minimum absolute atomic E-state index is 0.0238. The van der Waals surface area contributed by atoms with E-state index in [1.807, 2.05) is 6.92 Å². The average Bonchev–Trinajstić information content (AvgIpc) is 2.02. The third kappa shape index (κ3) is 3.46. The molecule has 0 aliphatic heterocycles. The fraction of sp³-hybridized carbons (Fsp3) is 0.857. The molecule has 1 unspecified atom stereocenters. The van der Waals surface area contributed by atoms with E-state index in [-0.39, 0.29) is 12.1 Å². The molecule has 0 N–H and O–H groups in total. The van der Waals surface area contributed by atoms with Gasteiger partial charge in [-0.25, -0.2) is 4.79 Å². The Balaban J connectivity index is 3.80. The van der Waals surface area contributed by atoms with E-state index in [2.05, 4.69) is 0 Å². The summed E-state index contributed by atoms with van der Waals surface area (Å²) in [6, 6.07) is 0.0238. The molecule has 3 nitrogen and oxygen atoms in total. The largest absolute Gasteiger partial charge is 0.450 e. The number of nitrogens with zero attached hydrogens (tertiary/aromatic N) is 1. The van der Waals surface area contributed by atoms with E-state index in [9.17, 15) is 4.79 Å².